The number of rotatable bonds is 1. The topological polar surface area (TPSA) is 58.6 Å². The van der Waals surface area contributed by atoms with E-state index in [4.69, 9.17) is 9.84 Å². The number of amides is 1. The van der Waals surface area contributed by atoms with Crippen LogP contribution in [0.4, 0.5) is 4.79 Å². The van der Waals surface area contributed by atoms with E-state index in [9.17, 15) is 4.79 Å². The van der Waals surface area contributed by atoms with E-state index < -0.39 is 6.09 Å². The number of ether oxygens (including phenoxy) is 1. The minimum absolute atomic E-state index is 0.0897. The fourth-order valence-corrected chi connectivity index (χ4v) is 1.27. The number of hydrogen-bond donors (Lipinski definition) is 2. The van der Waals surface area contributed by atoms with Gasteiger partial charge in [-0.05, 0) is 17.7 Å². The van der Waals surface area contributed by atoms with Crippen molar-refractivity contribution < 1.29 is 14.6 Å². The molecule has 4 nitrogen and oxygen atoms in total. The van der Waals surface area contributed by atoms with Crippen LogP contribution in [0.2, 0.25) is 0 Å². The Balaban J connectivity index is 2.17. The molecule has 1 atom stereocenters. The summed E-state index contributed by atoms with van der Waals surface area (Å²) in [5.74, 6) is 0.217. The second-order valence-corrected chi connectivity index (χ2v) is 2.89. The van der Waals surface area contributed by atoms with Gasteiger partial charge in [0.25, 0.3) is 0 Å². The van der Waals surface area contributed by atoms with Crippen molar-refractivity contribution in [2.24, 2.45) is 0 Å². The maximum atomic E-state index is 10.7. The van der Waals surface area contributed by atoms with Gasteiger partial charge in [-0.1, -0.05) is 12.1 Å². The van der Waals surface area contributed by atoms with Gasteiger partial charge in [0.05, 0.1) is 6.04 Å². The molecule has 0 bridgehead atoms. The highest BCUT2D eigenvalue weighted by Crippen LogP contribution is 2.20. The molecule has 2 N–H and O–H groups in total. The predicted octanol–water partition coefficient (Wildman–Crippen LogP) is 1.17. The molecular formula is C9H9NO3. The zero-order valence-corrected chi connectivity index (χ0v) is 6.86. The number of hydrogen-bond acceptors (Lipinski definition) is 3. The average Bonchev–Trinajstić information content (AvgIpc) is 2.53. The first-order valence-corrected chi connectivity index (χ1v) is 3.98. The lowest BCUT2D eigenvalue weighted by Crippen LogP contribution is -2.17. The average molecular weight is 179 g/mol. The van der Waals surface area contributed by atoms with Gasteiger partial charge >= 0.3 is 6.09 Å². The van der Waals surface area contributed by atoms with Gasteiger partial charge in [0.15, 0.2) is 0 Å². The summed E-state index contributed by atoms with van der Waals surface area (Å²) in [6.45, 7) is 0.351. The molecule has 2 rings (SSSR count). The maximum absolute atomic E-state index is 10.7. The van der Waals surface area contributed by atoms with Crippen LogP contribution < -0.4 is 5.32 Å². The van der Waals surface area contributed by atoms with Crippen molar-refractivity contribution in [3.63, 3.8) is 0 Å². The van der Waals surface area contributed by atoms with Crippen molar-refractivity contribution >= 4 is 6.09 Å². The molecule has 1 saturated heterocycles. The Morgan fingerprint density at radius 2 is 2.08 bits per heavy atom. The number of phenolic OH excluding ortho intramolecular Hbond substituents is 1. The van der Waals surface area contributed by atoms with Gasteiger partial charge in [-0.15, -0.1) is 0 Å². The van der Waals surface area contributed by atoms with Crippen LogP contribution in [0.25, 0.3) is 0 Å². The molecule has 0 radical (unpaired) electrons. The molecule has 13 heavy (non-hydrogen) atoms. The lowest BCUT2D eigenvalue weighted by molar-refractivity contribution is 0.177. The number of alkyl carbamates (subject to hydrolysis) is 1. The molecule has 1 unspecified atom stereocenters. The molecule has 0 spiro atoms. The van der Waals surface area contributed by atoms with Gasteiger partial charge in [-0.2, -0.15) is 0 Å². The third-order valence-corrected chi connectivity index (χ3v) is 1.97. The predicted molar refractivity (Wildman–Crippen MR) is 45.3 cm³/mol. The summed E-state index contributed by atoms with van der Waals surface area (Å²) < 4.78 is 4.74. The number of aromatic hydroxyl groups is 1. The summed E-state index contributed by atoms with van der Waals surface area (Å²) in [6.07, 6.45) is -0.391. The summed E-state index contributed by atoms with van der Waals surface area (Å²) in [5.41, 5.74) is 0.934. The molecule has 1 aromatic carbocycles. The van der Waals surface area contributed by atoms with Crippen molar-refractivity contribution in [3.05, 3.63) is 29.8 Å². The third kappa shape index (κ3) is 1.56. The van der Waals surface area contributed by atoms with Crippen molar-refractivity contribution in [1.29, 1.82) is 0 Å². The lowest BCUT2D eigenvalue weighted by atomic mass is 10.1. The van der Waals surface area contributed by atoms with E-state index in [1.807, 2.05) is 0 Å². The Hall–Kier alpha value is -1.71. The number of nitrogens with one attached hydrogen (secondary N) is 1. The van der Waals surface area contributed by atoms with Crippen LogP contribution in [0.1, 0.15) is 11.6 Å². The molecule has 1 heterocycles. The molecule has 68 valence electrons. The Bertz CT molecular complexity index is 320. The van der Waals surface area contributed by atoms with Crippen LogP contribution in [0.15, 0.2) is 24.3 Å². The molecule has 0 aromatic heterocycles. The number of benzene rings is 1. The van der Waals surface area contributed by atoms with E-state index in [-0.39, 0.29) is 11.8 Å². The molecule has 0 aliphatic carbocycles. The number of carbonyl (C=O) groups excluding carboxylic acids is 1. The highest BCUT2D eigenvalue weighted by atomic mass is 16.6. The second kappa shape index (κ2) is 2.97. The van der Waals surface area contributed by atoms with Crippen LogP contribution in [0, 0.1) is 0 Å². The van der Waals surface area contributed by atoms with Crippen molar-refractivity contribution in [2.75, 3.05) is 6.61 Å². The zero-order valence-electron chi connectivity index (χ0n) is 6.86. The molecule has 1 aliphatic heterocycles. The highest BCUT2D eigenvalue weighted by molar-refractivity contribution is 5.70. The normalized spacial score (nSPS) is 20.9. The third-order valence-electron chi connectivity index (χ3n) is 1.97. The van der Waals surface area contributed by atoms with Crippen LogP contribution in [-0.4, -0.2) is 17.8 Å². The number of carbonyl (C=O) groups is 1. The van der Waals surface area contributed by atoms with Crippen molar-refractivity contribution in [2.45, 2.75) is 6.04 Å². The first-order valence-electron chi connectivity index (χ1n) is 3.98. The van der Waals surface area contributed by atoms with E-state index in [1.54, 1.807) is 24.3 Å². The minimum Gasteiger partial charge on any atom is -0.508 e. The molecule has 4 heteroatoms. The zero-order chi connectivity index (χ0) is 9.26. The Labute approximate surface area is 75.1 Å². The van der Waals surface area contributed by atoms with Crippen molar-refractivity contribution in [3.8, 4) is 5.75 Å². The molecule has 0 saturated carbocycles. The molecule has 1 amide bonds. The van der Waals surface area contributed by atoms with Gasteiger partial charge in [-0.3, -0.25) is 0 Å². The summed E-state index contributed by atoms with van der Waals surface area (Å²) in [7, 11) is 0. The van der Waals surface area contributed by atoms with Gasteiger partial charge in [0.1, 0.15) is 12.4 Å². The molecule has 1 fully saturated rings. The smallest absolute Gasteiger partial charge is 0.407 e. The maximum Gasteiger partial charge on any atom is 0.407 e. The largest absolute Gasteiger partial charge is 0.508 e. The number of cyclic esters (lactones) is 1. The van der Waals surface area contributed by atoms with Crippen LogP contribution >= 0.6 is 0 Å². The number of phenols is 1. The SMILES string of the molecule is O=C1NC(c2ccc(O)cc2)CO1. The second-order valence-electron chi connectivity index (χ2n) is 2.89. The van der Waals surface area contributed by atoms with Gasteiger partial charge in [-0.25, -0.2) is 4.79 Å². The monoisotopic (exact) mass is 179 g/mol. The van der Waals surface area contributed by atoms with E-state index in [0.29, 0.717) is 6.61 Å². The quantitative estimate of drug-likeness (QED) is 0.680. The Morgan fingerprint density at radius 3 is 2.62 bits per heavy atom. The van der Waals surface area contributed by atoms with E-state index in [0.717, 1.165) is 5.56 Å². The van der Waals surface area contributed by atoms with Crippen LogP contribution in [0.5, 0.6) is 5.75 Å². The van der Waals surface area contributed by atoms with Gasteiger partial charge in [0, 0.05) is 0 Å². The van der Waals surface area contributed by atoms with E-state index >= 15 is 0 Å². The summed E-state index contributed by atoms with van der Waals surface area (Å²) in [6, 6.07) is 6.59. The Kier molecular flexibility index (Phi) is 1.81. The lowest BCUT2D eigenvalue weighted by Gasteiger charge is -2.06. The standard InChI is InChI=1S/C9H9NO3/c11-7-3-1-6(2-4-7)8-5-13-9(12)10-8/h1-4,8,11H,5H2,(H,10,12). The van der Waals surface area contributed by atoms with Gasteiger partial charge in [0.2, 0.25) is 0 Å². The summed E-state index contributed by atoms with van der Waals surface area (Å²) >= 11 is 0. The summed E-state index contributed by atoms with van der Waals surface area (Å²) in [4.78, 5) is 10.7. The minimum atomic E-state index is -0.391. The highest BCUT2D eigenvalue weighted by Gasteiger charge is 2.23. The summed E-state index contributed by atoms with van der Waals surface area (Å²) in [5, 5.41) is 11.7. The fraction of sp³-hybridized carbons (Fsp3) is 0.222. The van der Waals surface area contributed by atoms with E-state index in [1.165, 1.54) is 0 Å². The first-order chi connectivity index (χ1) is 6.25. The fourth-order valence-electron chi connectivity index (χ4n) is 1.27. The van der Waals surface area contributed by atoms with Crippen LogP contribution in [0.3, 0.4) is 0 Å². The van der Waals surface area contributed by atoms with E-state index in [2.05, 4.69) is 5.32 Å². The Morgan fingerprint density at radius 1 is 1.38 bits per heavy atom. The first kappa shape index (κ1) is 7.91. The molecule has 1 aliphatic rings. The van der Waals surface area contributed by atoms with Crippen molar-refractivity contribution in [1.82, 2.24) is 5.32 Å². The van der Waals surface area contributed by atoms with Gasteiger partial charge < -0.3 is 15.2 Å². The van der Waals surface area contributed by atoms with Crippen LogP contribution in [-0.2, 0) is 4.74 Å². The molecule has 1 aromatic rings. The molecular weight excluding hydrogens is 170 g/mol.